The number of aryl methyl sites for hydroxylation is 2. The van der Waals surface area contributed by atoms with Crippen molar-refractivity contribution < 1.29 is 4.79 Å². The summed E-state index contributed by atoms with van der Waals surface area (Å²) in [5, 5.41) is 7.30. The van der Waals surface area contributed by atoms with Gasteiger partial charge in [0.1, 0.15) is 0 Å². The van der Waals surface area contributed by atoms with E-state index in [1.54, 1.807) is 12.4 Å². The second kappa shape index (κ2) is 7.87. The fourth-order valence-electron chi connectivity index (χ4n) is 2.55. The van der Waals surface area contributed by atoms with E-state index in [9.17, 15) is 4.79 Å². The summed E-state index contributed by atoms with van der Waals surface area (Å²) in [5.74, 6) is 0.522. The lowest BCUT2D eigenvalue weighted by atomic mass is 9.81. The Balaban J connectivity index is 1.95. The van der Waals surface area contributed by atoms with E-state index in [0.717, 1.165) is 13.0 Å². The van der Waals surface area contributed by atoms with Crippen LogP contribution >= 0.6 is 0 Å². The van der Waals surface area contributed by atoms with Gasteiger partial charge in [0.05, 0.1) is 5.41 Å². The molecule has 6 heteroatoms. The molecule has 0 aliphatic carbocycles. The molecular formula is C17H25N5O. The van der Waals surface area contributed by atoms with Gasteiger partial charge in [-0.3, -0.25) is 14.5 Å². The highest BCUT2D eigenvalue weighted by Gasteiger charge is 2.33. The molecule has 0 aliphatic heterocycles. The smallest absolute Gasteiger partial charge is 0.233 e. The Bertz CT molecular complexity index is 611. The molecule has 6 nitrogen and oxygen atoms in total. The maximum Gasteiger partial charge on any atom is 0.233 e. The zero-order valence-corrected chi connectivity index (χ0v) is 13.8. The van der Waals surface area contributed by atoms with E-state index in [2.05, 4.69) is 15.4 Å². The van der Waals surface area contributed by atoms with Crippen molar-refractivity contribution in [3.05, 3.63) is 42.4 Å². The summed E-state index contributed by atoms with van der Waals surface area (Å²) < 4.78 is 1.83. The number of nitrogens with two attached hydrogens (primary N) is 1. The quantitative estimate of drug-likeness (QED) is 0.782. The predicted molar refractivity (Wildman–Crippen MR) is 90.9 cm³/mol. The van der Waals surface area contributed by atoms with Crippen LogP contribution in [0.3, 0.4) is 0 Å². The largest absolute Gasteiger partial charge is 0.329 e. The highest BCUT2D eigenvalue weighted by molar-refractivity contribution is 5.94. The third-order valence-electron chi connectivity index (χ3n) is 4.49. The summed E-state index contributed by atoms with van der Waals surface area (Å²) in [6.07, 6.45) is 7.74. The van der Waals surface area contributed by atoms with Crippen LogP contribution in [-0.2, 0) is 17.8 Å². The molecule has 2 aromatic heterocycles. The molecule has 0 bridgehead atoms. The Morgan fingerprint density at radius 3 is 2.57 bits per heavy atom. The van der Waals surface area contributed by atoms with Crippen molar-refractivity contribution in [2.45, 2.75) is 39.7 Å². The molecule has 124 valence electrons. The molecule has 0 saturated carbocycles. The van der Waals surface area contributed by atoms with Gasteiger partial charge in [0.2, 0.25) is 5.91 Å². The number of aromatic nitrogens is 3. The van der Waals surface area contributed by atoms with Crippen molar-refractivity contribution in [3.8, 4) is 0 Å². The van der Waals surface area contributed by atoms with Gasteiger partial charge in [0.15, 0.2) is 5.82 Å². The van der Waals surface area contributed by atoms with Crippen LogP contribution < -0.4 is 11.1 Å². The number of nitrogens with one attached hydrogen (secondary N) is 1. The van der Waals surface area contributed by atoms with Crippen LogP contribution in [0, 0.1) is 5.41 Å². The first kappa shape index (κ1) is 17.1. The highest BCUT2D eigenvalue weighted by atomic mass is 16.2. The van der Waals surface area contributed by atoms with E-state index >= 15 is 0 Å². The Labute approximate surface area is 137 Å². The van der Waals surface area contributed by atoms with Crippen molar-refractivity contribution in [1.82, 2.24) is 14.8 Å². The van der Waals surface area contributed by atoms with Gasteiger partial charge in [-0.2, -0.15) is 5.10 Å². The summed E-state index contributed by atoms with van der Waals surface area (Å²) >= 11 is 0. The lowest BCUT2D eigenvalue weighted by Gasteiger charge is -2.27. The maximum absolute atomic E-state index is 12.5. The number of amides is 1. The molecule has 1 amide bonds. The van der Waals surface area contributed by atoms with E-state index in [-0.39, 0.29) is 5.91 Å². The van der Waals surface area contributed by atoms with Crippen molar-refractivity contribution in [3.63, 3.8) is 0 Å². The van der Waals surface area contributed by atoms with Crippen LogP contribution in [0.1, 0.15) is 32.3 Å². The van der Waals surface area contributed by atoms with Gasteiger partial charge in [-0.25, -0.2) is 0 Å². The fourth-order valence-corrected chi connectivity index (χ4v) is 2.55. The number of hydrogen-bond acceptors (Lipinski definition) is 4. The number of carbonyl (C=O) groups is 1. The van der Waals surface area contributed by atoms with E-state index < -0.39 is 5.41 Å². The van der Waals surface area contributed by atoms with Crippen molar-refractivity contribution in [1.29, 1.82) is 0 Å². The first-order valence-corrected chi connectivity index (χ1v) is 8.07. The molecule has 0 aromatic carbocycles. The minimum atomic E-state index is -0.513. The molecule has 2 aromatic rings. The summed E-state index contributed by atoms with van der Waals surface area (Å²) in [7, 11) is 0. The molecule has 2 heterocycles. The number of rotatable bonds is 8. The minimum Gasteiger partial charge on any atom is -0.329 e. The van der Waals surface area contributed by atoms with E-state index in [1.807, 2.05) is 42.9 Å². The Kier molecular flexibility index (Phi) is 5.87. The van der Waals surface area contributed by atoms with E-state index in [4.69, 9.17) is 5.73 Å². The van der Waals surface area contributed by atoms with Crippen LogP contribution in [-0.4, -0.2) is 27.2 Å². The Morgan fingerprint density at radius 2 is 1.96 bits per heavy atom. The van der Waals surface area contributed by atoms with Gasteiger partial charge in [-0.05, 0) is 37.0 Å². The summed E-state index contributed by atoms with van der Waals surface area (Å²) in [6, 6.07) is 5.80. The fraction of sp³-hybridized carbons (Fsp3) is 0.471. The van der Waals surface area contributed by atoms with Crippen LogP contribution in [0.5, 0.6) is 0 Å². The van der Waals surface area contributed by atoms with E-state index in [0.29, 0.717) is 25.2 Å². The number of carbonyl (C=O) groups excluding carboxylic acids is 1. The molecule has 2 rings (SSSR count). The zero-order chi connectivity index (χ0) is 16.7. The van der Waals surface area contributed by atoms with Crippen molar-refractivity contribution >= 4 is 11.7 Å². The third-order valence-corrected chi connectivity index (χ3v) is 4.49. The lowest BCUT2D eigenvalue weighted by molar-refractivity contribution is -0.125. The molecule has 0 atom stereocenters. The van der Waals surface area contributed by atoms with Crippen LogP contribution in [0.15, 0.2) is 36.8 Å². The molecule has 0 saturated heterocycles. The standard InChI is InChI=1S/C17H25N5O/c1-3-17(4-2,13-18)16(23)20-15-8-12-22(21-15)11-7-14-5-9-19-10-6-14/h5-6,8-10,12H,3-4,7,11,13,18H2,1-2H3,(H,20,21,23). The van der Waals surface area contributed by atoms with Crippen molar-refractivity contribution in [2.75, 3.05) is 11.9 Å². The van der Waals surface area contributed by atoms with Gasteiger partial charge < -0.3 is 11.1 Å². The number of hydrogen-bond donors (Lipinski definition) is 2. The molecule has 23 heavy (non-hydrogen) atoms. The number of pyridine rings is 1. The first-order chi connectivity index (χ1) is 11.1. The highest BCUT2D eigenvalue weighted by Crippen LogP contribution is 2.26. The zero-order valence-electron chi connectivity index (χ0n) is 13.8. The topological polar surface area (TPSA) is 85.8 Å². The third kappa shape index (κ3) is 4.16. The average molecular weight is 315 g/mol. The normalized spacial score (nSPS) is 11.4. The Morgan fingerprint density at radius 1 is 1.26 bits per heavy atom. The van der Waals surface area contributed by atoms with Gasteiger partial charge in [0, 0.05) is 37.7 Å². The molecule has 0 radical (unpaired) electrons. The van der Waals surface area contributed by atoms with Crippen LogP contribution in [0.2, 0.25) is 0 Å². The van der Waals surface area contributed by atoms with Gasteiger partial charge in [-0.15, -0.1) is 0 Å². The predicted octanol–water partition coefficient (Wildman–Crippen LogP) is 2.22. The van der Waals surface area contributed by atoms with Crippen LogP contribution in [0.4, 0.5) is 5.82 Å². The molecule has 3 N–H and O–H groups in total. The van der Waals surface area contributed by atoms with Crippen LogP contribution in [0.25, 0.3) is 0 Å². The monoisotopic (exact) mass is 315 g/mol. The number of nitrogens with zero attached hydrogens (tertiary/aromatic N) is 3. The summed E-state index contributed by atoms with van der Waals surface area (Å²) in [6.45, 7) is 5.07. The second-order valence-corrected chi connectivity index (χ2v) is 5.72. The van der Waals surface area contributed by atoms with Gasteiger partial charge in [0.25, 0.3) is 0 Å². The van der Waals surface area contributed by atoms with E-state index in [1.165, 1.54) is 5.56 Å². The van der Waals surface area contributed by atoms with Gasteiger partial charge >= 0.3 is 0 Å². The van der Waals surface area contributed by atoms with Gasteiger partial charge in [-0.1, -0.05) is 13.8 Å². The molecular weight excluding hydrogens is 290 g/mol. The average Bonchev–Trinajstić information content (AvgIpc) is 3.03. The molecule has 0 fully saturated rings. The summed E-state index contributed by atoms with van der Waals surface area (Å²) in [4.78, 5) is 16.5. The van der Waals surface area contributed by atoms with Crippen molar-refractivity contribution in [2.24, 2.45) is 11.1 Å². The second-order valence-electron chi connectivity index (χ2n) is 5.72. The maximum atomic E-state index is 12.5. The lowest BCUT2D eigenvalue weighted by Crippen LogP contribution is -2.41. The molecule has 0 aliphatic rings. The number of anilines is 1. The molecule has 0 spiro atoms. The first-order valence-electron chi connectivity index (χ1n) is 8.07. The summed E-state index contributed by atoms with van der Waals surface area (Å²) in [5.41, 5.74) is 6.50. The molecule has 0 unspecified atom stereocenters. The Hall–Kier alpha value is -2.21. The minimum absolute atomic E-state index is 0.0515. The SMILES string of the molecule is CCC(CC)(CN)C(=O)Nc1ccn(CCc2ccncc2)n1.